The molecule has 8 heteroatoms. The Labute approximate surface area is 219 Å². The summed E-state index contributed by atoms with van der Waals surface area (Å²) in [5, 5.41) is 11.7. The van der Waals surface area contributed by atoms with Gasteiger partial charge in [0, 0.05) is 17.5 Å². The van der Waals surface area contributed by atoms with Gasteiger partial charge in [0.2, 0.25) is 0 Å². The van der Waals surface area contributed by atoms with E-state index in [1.54, 1.807) is 26.4 Å². The smallest absolute Gasteiger partial charge is 0.339 e. The van der Waals surface area contributed by atoms with Crippen molar-refractivity contribution in [3.8, 4) is 11.5 Å². The van der Waals surface area contributed by atoms with Crippen molar-refractivity contribution in [1.29, 1.82) is 0 Å². The number of aromatic nitrogens is 1. The molecular formula is C30H26N2O6. The first-order valence-corrected chi connectivity index (χ1v) is 12.2. The lowest BCUT2D eigenvalue weighted by Gasteiger charge is -2.22. The van der Waals surface area contributed by atoms with Crippen LogP contribution in [0.3, 0.4) is 0 Å². The molecule has 1 heterocycles. The molecule has 192 valence electrons. The van der Waals surface area contributed by atoms with Gasteiger partial charge >= 0.3 is 5.97 Å². The first kappa shape index (κ1) is 25.0. The molecule has 1 aliphatic carbocycles. The molecule has 0 aliphatic heterocycles. The summed E-state index contributed by atoms with van der Waals surface area (Å²) in [5.74, 6) is 0.853. The Morgan fingerprint density at radius 3 is 2.50 bits per heavy atom. The monoisotopic (exact) mass is 510 g/mol. The number of fused-ring (bicyclic) bond motifs is 2. The predicted octanol–water partition coefficient (Wildman–Crippen LogP) is 6.39. The molecule has 3 aromatic carbocycles. The molecule has 0 amide bonds. The highest BCUT2D eigenvalue weighted by atomic mass is 16.6. The highest BCUT2D eigenvalue weighted by Gasteiger charge is 2.26. The molecule has 0 N–H and O–H groups in total. The molecule has 0 saturated heterocycles. The van der Waals surface area contributed by atoms with Crippen LogP contribution in [0, 0.1) is 10.1 Å². The lowest BCUT2D eigenvalue weighted by Crippen LogP contribution is -2.15. The van der Waals surface area contributed by atoms with Gasteiger partial charge in [0.1, 0.15) is 6.61 Å². The number of benzene rings is 3. The number of methoxy groups -OCH3 is 2. The number of nitro benzene ring substituents is 1. The zero-order valence-corrected chi connectivity index (χ0v) is 21.1. The normalized spacial score (nSPS) is 13.7. The number of nitro groups is 1. The summed E-state index contributed by atoms with van der Waals surface area (Å²) in [6.07, 6.45) is 4.48. The fourth-order valence-electron chi connectivity index (χ4n) is 4.79. The SMILES string of the molecule is COc1ccc(/C=C2\CCCc3c2nc2ccccc2c3C(=O)OCc2ccc([N+](=O)[O-])cc2)cc1OC. The highest BCUT2D eigenvalue weighted by molar-refractivity contribution is 6.06. The molecule has 1 aliphatic rings. The average molecular weight is 511 g/mol. The molecule has 0 atom stereocenters. The standard InChI is InChI=1S/C30H26N2O6/c1-36-26-15-12-20(17-27(26)37-2)16-21-6-5-8-24-28(23-7-3-4-9-25(23)31-29(21)24)30(33)38-18-19-10-13-22(14-11-19)32(34)35/h3-4,7,9-17H,5-6,8,18H2,1-2H3/b21-16+. The minimum atomic E-state index is -0.460. The third-order valence-electron chi connectivity index (χ3n) is 6.64. The van der Waals surface area contributed by atoms with Gasteiger partial charge in [0.15, 0.2) is 11.5 Å². The van der Waals surface area contributed by atoms with E-state index in [1.165, 1.54) is 12.1 Å². The number of esters is 1. The molecule has 0 fully saturated rings. The van der Waals surface area contributed by atoms with Crippen LogP contribution in [0.2, 0.25) is 0 Å². The van der Waals surface area contributed by atoms with E-state index in [2.05, 4.69) is 6.08 Å². The van der Waals surface area contributed by atoms with Gasteiger partial charge in [-0.2, -0.15) is 0 Å². The number of carbonyl (C=O) groups excluding carboxylic acids is 1. The fourth-order valence-corrected chi connectivity index (χ4v) is 4.79. The van der Waals surface area contributed by atoms with Gasteiger partial charge in [-0.05, 0) is 77.9 Å². The topological polar surface area (TPSA) is 101 Å². The summed E-state index contributed by atoms with van der Waals surface area (Å²) >= 11 is 0. The van der Waals surface area contributed by atoms with Crippen LogP contribution in [-0.2, 0) is 17.8 Å². The molecular weight excluding hydrogens is 484 g/mol. The lowest BCUT2D eigenvalue weighted by molar-refractivity contribution is -0.384. The number of non-ortho nitro benzene ring substituents is 1. The van der Waals surface area contributed by atoms with Crippen molar-refractivity contribution < 1.29 is 23.9 Å². The molecule has 8 nitrogen and oxygen atoms in total. The van der Waals surface area contributed by atoms with Crippen LogP contribution < -0.4 is 9.47 Å². The van der Waals surface area contributed by atoms with Crippen molar-refractivity contribution in [2.45, 2.75) is 25.9 Å². The molecule has 0 saturated carbocycles. The van der Waals surface area contributed by atoms with Gasteiger partial charge in [0.05, 0.1) is 35.9 Å². The maximum atomic E-state index is 13.5. The van der Waals surface area contributed by atoms with E-state index >= 15 is 0 Å². The maximum Gasteiger partial charge on any atom is 0.339 e. The summed E-state index contributed by atoms with van der Waals surface area (Å²) < 4.78 is 16.5. The number of para-hydroxylation sites is 1. The number of allylic oxidation sites excluding steroid dienone is 1. The summed E-state index contributed by atoms with van der Waals surface area (Å²) in [4.78, 5) is 28.9. The minimum absolute atomic E-state index is 0.0105. The van der Waals surface area contributed by atoms with E-state index in [1.807, 2.05) is 42.5 Å². The van der Waals surface area contributed by atoms with Crippen molar-refractivity contribution >= 4 is 34.2 Å². The second kappa shape index (κ2) is 10.7. The fraction of sp³-hybridized carbons (Fsp3) is 0.200. The van der Waals surface area contributed by atoms with E-state index in [0.717, 1.165) is 40.6 Å². The van der Waals surface area contributed by atoms with Crippen LogP contribution in [0.5, 0.6) is 11.5 Å². The maximum absolute atomic E-state index is 13.5. The highest BCUT2D eigenvalue weighted by Crippen LogP contribution is 2.37. The first-order chi connectivity index (χ1) is 18.5. The number of ether oxygens (including phenoxy) is 3. The number of hydrogen-bond donors (Lipinski definition) is 0. The molecule has 0 spiro atoms. The van der Waals surface area contributed by atoms with Crippen LogP contribution in [0.25, 0.3) is 22.6 Å². The van der Waals surface area contributed by atoms with Crippen molar-refractivity contribution in [2.24, 2.45) is 0 Å². The molecule has 38 heavy (non-hydrogen) atoms. The Morgan fingerprint density at radius 2 is 1.76 bits per heavy atom. The van der Waals surface area contributed by atoms with Crippen molar-refractivity contribution in [3.63, 3.8) is 0 Å². The minimum Gasteiger partial charge on any atom is -0.493 e. The van der Waals surface area contributed by atoms with Gasteiger partial charge < -0.3 is 14.2 Å². The van der Waals surface area contributed by atoms with E-state index in [9.17, 15) is 14.9 Å². The average Bonchev–Trinajstić information content (AvgIpc) is 2.95. The third kappa shape index (κ3) is 4.93. The van der Waals surface area contributed by atoms with Gasteiger partial charge in [-0.3, -0.25) is 10.1 Å². The molecule has 0 unspecified atom stereocenters. The van der Waals surface area contributed by atoms with Crippen molar-refractivity contribution in [2.75, 3.05) is 14.2 Å². The summed E-state index contributed by atoms with van der Waals surface area (Å²) in [6, 6.07) is 19.3. The zero-order valence-electron chi connectivity index (χ0n) is 21.1. The van der Waals surface area contributed by atoms with Gasteiger partial charge in [-0.25, -0.2) is 9.78 Å². The largest absolute Gasteiger partial charge is 0.493 e. The van der Waals surface area contributed by atoms with Crippen molar-refractivity contribution in [3.05, 3.63) is 105 Å². The van der Waals surface area contributed by atoms with Crippen LogP contribution in [0.15, 0.2) is 66.7 Å². The number of rotatable bonds is 7. The quantitative estimate of drug-likeness (QED) is 0.161. The van der Waals surface area contributed by atoms with Gasteiger partial charge in [-0.1, -0.05) is 24.3 Å². The van der Waals surface area contributed by atoms with Gasteiger partial charge in [0.25, 0.3) is 5.69 Å². The predicted molar refractivity (Wildman–Crippen MR) is 144 cm³/mol. The van der Waals surface area contributed by atoms with Crippen LogP contribution in [0.1, 0.15) is 45.6 Å². The second-order valence-electron chi connectivity index (χ2n) is 8.97. The summed E-state index contributed by atoms with van der Waals surface area (Å²) in [5.41, 5.74) is 5.55. The first-order valence-electron chi connectivity index (χ1n) is 12.2. The summed E-state index contributed by atoms with van der Waals surface area (Å²) in [6.45, 7) is 0.0105. The Balaban J connectivity index is 1.52. The van der Waals surface area contributed by atoms with E-state index in [4.69, 9.17) is 19.2 Å². The Kier molecular flexibility index (Phi) is 7.04. The molecule has 4 aromatic rings. The van der Waals surface area contributed by atoms with Crippen LogP contribution in [-0.4, -0.2) is 30.1 Å². The van der Waals surface area contributed by atoms with Crippen molar-refractivity contribution in [1.82, 2.24) is 4.98 Å². The number of carbonyl (C=O) groups is 1. The molecule has 5 rings (SSSR count). The zero-order chi connectivity index (χ0) is 26.6. The van der Waals surface area contributed by atoms with E-state index in [-0.39, 0.29) is 12.3 Å². The van der Waals surface area contributed by atoms with Crippen LogP contribution in [0.4, 0.5) is 5.69 Å². The lowest BCUT2D eigenvalue weighted by atomic mass is 9.86. The molecule has 0 bridgehead atoms. The number of hydrogen-bond acceptors (Lipinski definition) is 7. The number of pyridine rings is 1. The van der Waals surface area contributed by atoms with E-state index in [0.29, 0.717) is 34.6 Å². The third-order valence-corrected chi connectivity index (χ3v) is 6.64. The van der Waals surface area contributed by atoms with Gasteiger partial charge in [-0.15, -0.1) is 0 Å². The second-order valence-corrected chi connectivity index (χ2v) is 8.97. The molecule has 1 aromatic heterocycles. The Morgan fingerprint density at radius 1 is 1.00 bits per heavy atom. The summed E-state index contributed by atoms with van der Waals surface area (Å²) in [7, 11) is 3.21. The Hall–Kier alpha value is -4.72. The number of nitrogens with zero attached hydrogens (tertiary/aromatic N) is 2. The molecule has 0 radical (unpaired) electrons. The van der Waals surface area contributed by atoms with E-state index < -0.39 is 10.9 Å². The Bertz CT molecular complexity index is 1560. The van der Waals surface area contributed by atoms with Crippen LogP contribution >= 0.6 is 0 Å².